The van der Waals surface area contributed by atoms with Crippen molar-refractivity contribution in [2.24, 2.45) is 10.7 Å². The molecule has 1 atom stereocenters. The van der Waals surface area contributed by atoms with Gasteiger partial charge in [0.25, 0.3) is 11.9 Å². The molecule has 0 saturated heterocycles. The van der Waals surface area contributed by atoms with E-state index in [9.17, 15) is 13.6 Å². The maximum absolute atomic E-state index is 13.7. The second kappa shape index (κ2) is 3.51. The van der Waals surface area contributed by atoms with Crippen molar-refractivity contribution in [2.45, 2.75) is 19.4 Å². The summed E-state index contributed by atoms with van der Waals surface area (Å²) in [4.78, 5) is 14.9. The van der Waals surface area contributed by atoms with E-state index in [1.54, 1.807) is 0 Å². The van der Waals surface area contributed by atoms with Crippen molar-refractivity contribution in [1.29, 1.82) is 0 Å². The number of amides is 1. The lowest BCUT2D eigenvalue weighted by Crippen LogP contribution is -2.33. The Balaban J connectivity index is 2.56. The predicted octanol–water partition coefficient (Wildman–Crippen LogP) is 1.36. The normalized spacial score (nSPS) is 23.5. The maximum atomic E-state index is 13.7. The standard InChI is InChI=1S/C11H10F2N2O2/c1-5-3-8(13)6(4-7(5)12)11(2)9(16)15-10(14)17-11/h3-4H,1-2H3,(H2,14,15,16). The van der Waals surface area contributed by atoms with E-state index in [0.717, 1.165) is 12.1 Å². The summed E-state index contributed by atoms with van der Waals surface area (Å²) in [6.07, 6.45) is 0. The summed E-state index contributed by atoms with van der Waals surface area (Å²) in [7, 11) is 0. The number of hydrogen-bond donors (Lipinski definition) is 1. The first-order chi connectivity index (χ1) is 7.84. The van der Waals surface area contributed by atoms with Crippen molar-refractivity contribution < 1.29 is 18.3 Å². The number of carbonyl (C=O) groups is 1. The molecular formula is C11H10F2N2O2. The predicted molar refractivity (Wildman–Crippen MR) is 56.2 cm³/mol. The molecule has 90 valence electrons. The first-order valence-corrected chi connectivity index (χ1v) is 4.88. The minimum absolute atomic E-state index is 0.147. The molecule has 0 aromatic heterocycles. The van der Waals surface area contributed by atoms with Crippen molar-refractivity contribution in [3.05, 3.63) is 34.9 Å². The third-order valence-electron chi connectivity index (χ3n) is 2.69. The summed E-state index contributed by atoms with van der Waals surface area (Å²) in [5.74, 6) is -2.11. The molecule has 0 bridgehead atoms. The summed E-state index contributed by atoms with van der Waals surface area (Å²) in [5.41, 5.74) is 3.49. The van der Waals surface area contributed by atoms with Gasteiger partial charge in [-0.05, 0) is 31.5 Å². The topological polar surface area (TPSA) is 64.7 Å². The number of aliphatic imine (C=N–C) groups is 1. The number of halogens is 2. The Kier molecular flexibility index (Phi) is 2.38. The van der Waals surface area contributed by atoms with Gasteiger partial charge in [0, 0.05) is 5.56 Å². The highest BCUT2D eigenvalue weighted by molar-refractivity contribution is 6.01. The van der Waals surface area contributed by atoms with Gasteiger partial charge in [0.1, 0.15) is 11.6 Å². The van der Waals surface area contributed by atoms with Crippen LogP contribution >= 0.6 is 0 Å². The molecular weight excluding hydrogens is 230 g/mol. The van der Waals surface area contributed by atoms with E-state index in [0.29, 0.717) is 0 Å². The van der Waals surface area contributed by atoms with Crippen LogP contribution in [0.5, 0.6) is 0 Å². The molecule has 2 rings (SSSR count). The summed E-state index contributed by atoms with van der Waals surface area (Å²) in [6, 6.07) is 1.58. The SMILES string of the molecule is Cc1cc(F)c(C2(C)OC(N)=NC2=O)cc1F. The zero-order chi connectivity index (χ0) is 12.8. The fourth-order valence-electron chi connectivity index (χ4n) is 1.66. The monoisotopic (exact) mass is 240 g/mol. The maximum Gasteiger partial charge on any atom is 0.299 e. The lowest BCUT2D eigenvalue weighted by molar-refractivity contribution is -0.130. The molecule has 0 spiro atoms. The number of aryl methyl sites for hydroxylation is 1. The van der Waals surface area contributed by atoms with Crippen LogP contribution in [0, 0.1) is 18.6 Å². The highest BCUT2D eigenvalue weighted by Crippen LogP contribution is 2.33. The molecule has 1 aliphatic rings. The van der Waals surface area contributed by atoms with Crippen molar-refractivity contribution in [3.63, 3.8) is 0 Å². The van der Waals surface area contributed by atoms with Gasteiger partial charge >= 0.3 is 0 Å². The van der Waals surface area contributed by atoms with Crippen molar-refractivity contribution >= 4 is 11.9 Å². The third-order valence-corrected chi connectivity index (χ3v) is 2.69. The minimum atomic E-state index is -1.69. The number of amidine groups is 1. The number of nitrogens with zero attached hydrogens (tertiary/aromatic N) is 1. The molecule has 6 heteroatoms. The van der Waals surface area contributed by atoms with E-state index < -0.39 is 23.1 Å². The second-order valence-electron chi connectivity index (χ2n) is 3.97. The van der Waals surface area contributed by atoms with Crippen LogP contribution in [0.2, 0.25) is 0 Å². The smallest absolute Gasteiger partial charge is 0.299 e. The number of rotatable bonds is 1. The van der Waals surface area contributed by atoms with E-state index in [1.807, 2.05) is 0 Å². The summed E-state index contributed by atoms with van der Waals surface area (Å²) in [5, 5.41) is 0. The molecule has 4 nitrogen and oxygen atoms in total. The summed E-state index contributed by atoms with van der Waals surface area (Å²) >= 11 is 0. The first kappa shape index (κ1) is 11.5. The summed E-state index contributed by atoms with van der Waals surface area (Å²) in [6.45, 7) is 2.72. The summed E-state index contributed by atoms with van der Waals surface area (Å²) < 4.78 is 32.1. The molecule has 1 heterocycles. The molecule has 0 saturated carbocycles. The van der Waals surface area contributed by atoms with Gasteiger partial charge in [0.15, 0.2) is 0 Å². The molecule has 1 amide bonds. The highest BCUT2D eigenvalue weighted by Gasteiger charge is 2.45. The number of benzene rings is 1. The van der Waals surface area contributed by atoms with Gasteiger partial charge < -0.3 is 10.5 Å². The Morgan fingerprint density at radius 1 is 1.35 bits per heavy atom. The molecule has 17 heavy (non-hydrogen) atoms. The van der Waals surface area contributed by atoms with Gasteiger partial charge in [0.05, 0.1) is 0 Å². The number of ether oxygens (including phenoxy) is 1. The lowest BCUT2D eigenvalue weighted by atomic mass is 9.93. The van der Waals surface area contributed by atoms with Crippen LogP contribution < -0.4 is 5.73 Å². The van der Waals surface area contributed by atoms with Crippen LogP contribution in [0.15, 0.2) is 17.1 Å². The zero-order valence-corrected chi connectivity index (χ0v) is 9.25. The van der Waals surface area contributed by atoms with Gasteiger partial charge in [-0.2, -0.15) is 4.99 Å². The average molecular weight is 240 g/mol. The van der Waals surface area contributed by atoms with Crippen molar-refractivity contribution in [1.82, 2.24) is 0 Å². The Labute approximate surface area is 96.1 Å². The zero-order valence-electron chi connectivity index (χ0n) is 9.25. The van der Waals surface area contributed by atoms with Crippen LogP contribution in [-0.2, 0) is 15.1 Å². The van der Waals surface area contributed by atoms with Gasteiger partial charge in [-0.3, -0.25) is 4.79 Å². The van der Waals surface area contributed by atoms with Crippen LogP contribution in [0.4, 0.5) is 8.78 Å². The number of carbonyl (C=O) groups excluding carboxylic acids is 1. The van der Waals surface area contributed by atoms with E-state index in [2.05, 4.69) is 4.99 Å². The molecule has 0 radical (unpaired) electrons. The lowest BCUT2D eigenvalue weighted by Gasteiger charge is -2.22. The minimum Gasteiger partial charge on any atom is -0.443 e. The van der Waals surface area contributed by atoms with E-state index >= 15 is 0 Å². The van der Waals surface area contributed by atoms with Crippen LogP contribution in [0.3, 0.4) is 0 Å². The van der Waals surface area contributed by atoms with Gasteiger partial charge in [-0.25, -0.2) is 8.78 Å². The third kappa shape index (κ3) is 1.65. The number of hydrogen-bond acceptors (Lipinski definition) is 3. The van der Waals surface area contributed by atoms with Gasteiger partial charge in [-0.1, -0.05) is 0 Å². The molecule has 0 fully saturated rings. The van der Waals surface area contributed by atoms with E-state index in [-0.39, 0.29) is 17.1 Å². The van der Waals surface area contributed by atoms with Crippen molar-refractivity contribution in [2.75, 3.05) is 0 Å². The Hall–Kier alpha value is -1.98. The Morgan fingerprint density at radius 2 is 2.00 bits per heavy atom. The van der Waals surface area contributed by atoms with Gasteiger partial charge in [-0.15, -0.1) is 0 Å². The van der Waals surface area contributed by atoms with Crippen molar-refractivity contribution in [3.8, 4) is 0 Å². The fraction of sp³-hybridized carbons (Fsp3) is 0.273. The molecule has 1 aromatic carbocycles. The molecule has 1 aliphatic heterocycles. The quantitative estimate of drug-likeness (QED) is 0.806. The van der Waals surface area contributed by atoms with Crippen LogP contribution in [0.1, 0.15) is 18.1 Å². The molecule has 1 unspecified atom stereocenters. The van der Waals surface area contributed by atoms with Crippen LogP contribution in [0.25, 0.3) is 0 Å². The largest absolute Gasteiger partial charge is 0.443 e. The Morgan fingerprint density at radius 3 is 2.53 bits per heavy atom. The highest BCUT2D eigenvalue weighted by atomic mass is 19.1. The van der Waals surface area contributed by atoms with Gasteiger partial charge in [0.2, 0.25) is 5.60 Å². The molecule has 0 aliphatic carbocycles. The van der Waals surface area contributed by atoms with Crippen LogP contribution in [-0.4, -0.2) is 11.9 Å². The Bertz CT molecular complexity index is 543. The van der Waals surface area contributed by atoms with E-state index in [4.69, 9.17) is 10.5 Å². The first-order valence-electron chi connectivity index (χ1n) is 4.88. The number of nitrogens with two attached hydrogens (primary N) is 1. The van der Waals surface area contributed by atoms with E-state index in [1.165, 1.54) is 13.8 Å². The average Bonchev–Trinajstić information content (AvgIpc) is 2.47. The second-order valence-corrected chi connectivity index (χ2v) is 3.97. The fourth-order valence-corrected chi connectivity index (χ4v) is 1.66. The molecule has 2 N–H and O–H groups in total. The molecule has 1 aromatic rings.